The van der Waals surface area contributed by atoms with E-state index < -0.39 is 0 Å². The molecule has 2 heterocycles. The van der Waals surface area contributed by atoms with Crippen LogP contribution in [0.5, 0.6) is 0 Å². The molecule has 2 unspecified atom stereocenters. The van der Waals surface area contributed by atoms with E-state index in [2.05, 4.69) is 27.9 Å². The van der Waals surface area contributed by atoms with Crippen LogP contribution in [0.25, 0.3) is 0 Å². The van der Waals surface area contributed by atoms with Crippen LogP contribution in [0.1, 0.15) is 25.7 Å². The van der Waals surface area contributed by atoms with Crippen molar-refractivity contribution < 1.29 is 4.79 Å². The number of carbonyl (C=O) groups excluding carboxylic acids is 1. The van der Waals surface area contributed by atoms with Crippen LogP contribution in [0.15, 0.2) is 0 Å². The molecule has 2 saturated heterocycles. The van der Waals surface area contributed by atoms with Gasteiger partial charge < -0.3 is 20.9 Å². The topological polar surface area (TPSA) is 56.4 Å². The minimum atomic E-state index is -0.0160. The van der Waals surface area contributed by atoms with Crippen LogP contribution in [0.4, 0.5) is 4.79 Å². The quantitative estimate of drug-likeness (QED) is 0.657. The second kappa shape index (κ2) is 6.21. The number of nitrogens with zero attached hydrogens (tertiary/aromatic N) is 1. The summed E-state index contributed by atoms with van der Waals surface area (Å²) in [7, 11) is 2.09. The van der Waals surface area contributed by atoms with E-state index in [0.29, 0.717) is 12.1 Å². The van der Waals surface area contributed by atoms with Gasteiger partial charge in [0.25, 0.3) is 0 Å². The van der Waals surface area contributed by atoms with Crippen molar-refractivity contribution in [3.8, 4) is 0 Å². The van der Waals surface area contributed by atoms with Crippen molar-refractivity contribution in [1.82, 2.24) is 20.9 Å². The lowest BCUT2D eigenvalue weighted by atomic mass is 10.1. The molecule has 2 amide bonds. The molecule has 0 aliphatic carbocycles. The summed E-state index contributed by atoms with van der Waals surface area (Å²) in [6, 6.07) is 0.762. The van der Waals surface area contributed by atoms with Crippen molar-refractivity contribution >= 4 is 6.03 Å². The lowest BCUT2D eigenvalue weighted by molar-refractivity contribution is 0.234. The molecule has 5 heteroatoms. The van der Waals surface area contributed by atoms with Crippen LogP contribution in [-0.4, -0.2) is 56.2 Å². The Kier molecular flexibility index (Phi) is 4.62. The molecule has 0 aromatic rings. The molecule has 0 bridgehead atoms. The van der Waals surface area contributed by atoms with Crippen LogP contribution in [0.2, 0.25) is 0 Å². The molecular formula is C12H24N4O. The SMILES string of the molecule is CN1CCC(NC(=O)NCC2CCCCN2)C1. The van der Waals surface area contributed by atoms with Gasteiger partial charge in [-0.05, 0) is 39.4 Å². The first-order chi connectivity index (χ1) is 8.24. The second-order valence-electron chi connectivity index (χ2n) is 5.25. The van der Waals surface area contributed by atoms with Gasteiger partial charge in [0.05, 0.1) is 0 Å². The average molecular weight is 240 g/mol. The first-order valence-corrected chi connectivity index (χ1v) is 6.70. The zero-order chi connectivity index (χ0) is 12.1. The van der Waals surface area contributed by atoms with Gasteiger partial charge in [-0.25, -0.2) is 4.79 Å². The predicted molar refractivity (Wildman–Crippen MR) is 68.1 cm³/mol. The van der Waals surface area contributed by atoms with Crippen molar-refractivity contribution in [1.29, 1.82) is 0 Å². The maximum atomic E-state index is 11.7. The Morgan fingerprint density at radius 1 is 1.41 bits per heavy atom. The molecular weight excluding hydrogens is 216 g/mol. The van der Waals surface area contributed by atoms with E-state index in [1.807, 2.05) is 0 Å². The summed E-state index contributed by atoms with van der Waals surface area (Å²) in [6.07, 6.45) is 4.77. The van der Waals surface area contributed by atoms with E-state index in [1.165, 1.54) is 19.3 Å². The summed E-state index contributed by atoms with van der Waals surface area (Å²) in [5.74, 6) is 0. The zero-order valence-corrected chi connectivity index (χ0v) is 10.7. The summed E-state index contributed by atoms with van der Waals surface area (Å²) in [5, 5.41) is 9.42. The molecule has 0 aromatic heterocycles. The molecule has 0 radical (unpaired) electrons. The number of hydrogen-bond acceptors (Lipinski definition) is 3. The van der Waals surface area contributed by atoms with Gasteiger partial charge in [-0.3, -0.25) is 0 Å². The van der Waals surface area contributed by atoms with Gasteiger partial charge in [0.15, 0.2) is 0 Å². The van der Waals surface area contributed by atoms with E-state index in [0.717, 1.165) is 32.6 Å². The lowest BCUT2D eigenvalue weighted by Gasteiger charge is -2.24. The third kappa shape index (κ3) is 4.16. The fourth-order valence-corrected chi connectivity index (χ4v) is 2.60. The maximum Gasteiger partial charge on any atom is 0.315 e. The number of amides is 2. The zero-order valence-electron chi connectivity index (χ0n) is 10.7. The van der Waals surface area contributed by atoms with E-state index in [-0.39, 0.29) is 6.03 Å². The number of likely N-dealkylation sites (N-methyl/N-ethyl adjacent to an activating group) is 1. The number of rotatable bonds is 3. The smallest absolute Gasteiger partial charge is 0.315 e. The molecule has 2 rings (SSSR count). The van der Waals surface area contributed by atoms with E-state index in [4.69, 9.17) is 0 Å². The van der Waals surface area contributed by atoms with Gasteiger partial charge in [0.1, 0.15) is 0 Å². The summed E-state index contributed by atoms with van der Waals surface area (Å²) < 4.78 is 0. The number of likely N-dealkylation sites (tertiary alicyclic amines) is 1. The monoisotopic (exact) mass is 240 g/mol. The van der Waals surface area contributed by atoms with Crippen molar-refractivity contribution in [2.45, 2.75) is 37.8 Å². The summed E-state index contributed by atoms with van der Waals surface area (Å²) >= 11 is 0. The number of piperidine rings is 1. The first kappa shape index (κ1) is 12.6. The van der Waals surface area contributed by atoms with Crippen LogP contribution in [-0.2, 0) is 0 Å². The Morgan fingerprint density at radius 2 is 2.29 bits per heavy atom. The molecule has 98 valence electrons. The molecule has 5 nitrogen and oxygen atoms in total. The Labute approximate surface area is 103 Å². The standard InChI is InChI=1S/C12H24N4O/c1-16-7-5-11(9-16)15-12(17)14-8-10-4-2-3-6-13-10/h10-11,13H,2-9H2,1H3,(H2,14,15,17). The first-order valence-electron chi connectivity index (χ1n) is 6.70. The average Bonchev–Trinajstić information content (AvgIpc) is 2.73. The molecule has 0 spiro atoms. The number of nitrogens with one attached hydrogen (secondary N) is 3. The van der Waals surface area contributed by atoms with Crippen molar-refractivity contribution in [3.63, 3.8) is 0 Å². The predicted octanol–water partition coefficient (Wildman–Crippen LogP) is 0.132. The Bertz CT molecular complexity index is 253. The molecule has 2 atom stereocenters. The maximum absolute atomic E-state index is 11.7. The minimum Gasteiger partial charge on any atom is -0.337 e. The molecule has 2 fully saturated rings. The molecule has 17 heavy (non-hydrogen) atoms. The van der Waals surface area contributed by atoms with Crippen molar-refractivity contribution in [3.05, 3.63) is 0 Å². The van der Waals surface area contributed by atoms with Crippen molar-refractivity contribution in [2.24, 2.45) is 0 Å². The summed E-state index contributed by atoms with van der Waals surface area (Å²) in [4.78, 5) is 13.9. The highest BCUT2D eigenvalue weighted by atomic mass is 16.2. The van der Waals surface area contributed by atoms with Gasteiger partial charge in [0, 0.05) is 25.2 Å². The largest absolute Gasteiger partial charge is 0.337 e. The van der Waals surface area contributed by atoms with Crippen LogP contribution in [0.3, 0.4) is 0 Å². The Morgan fingerprint density at radius 3 is 2.94 bits per heavy atom. The highest BCUT2D eigenvalue weighted by Gasteiger charge is 2.21. The molecule has 0 aromatic carbocycles. The van der Waals surface area contributed by atoms with Crippen LogP contribution < -0.4 is 16.0 Å². The summed E-state index contributed by atoms with van der Waals surface area (Å²) in [5.41, 5.74) is 0. The van der Waals surface area contributed by atoms with E-state index in [1.54, 1.807) is 0 Å². The van der Waals surface area contributed by atoms with Crippen LogP contribution >= 0.6 is 0 Å². The van der Waals surface area contributed by atoms with Gasteiger partial charge in [-0.2, -0.15) is 0 Å². The highest BCUT2D eigenvalue weighted by molar-refractivity contribution is 5.74. The number of carbonyl (C=O) groups is 1. The third-order valence-electron chi connectivity index (χ3n) is 3.65. The molecule has 2 aliphatic heterocycles. The highest BCUT2D eigenvalue weighted by Crippen LogP contribution is 2.07. The van der Waals surface area contributed by atoms with Gasteiger partial charge in [-0.1, -0.05) is 6.42 Å². The lowest BCUT2D eigenvalue weighted by Crippen LogP contribution is -2.48. The van der Waals surface area contributed by atoms with E-state index in [9.17, 15) is 4.79 Å². The van der Waals surface area contributed by atoms with Crippen LogP contribution in [0, 0.1) is 0 Å². The van der Waals surface area contributed by atoms with Crippen molar-refractivity contribution in [2.75, 3.05) is 33.2 Å². The van der Waals surface area contributed by atoms with Gasteiger partial charge in [0.2, 0.25) is 0 Å². The summed E-state index contributed by atoms with van der Waals surface area (Å²) in [6.45, 7) is 3.88. The third-order valence-corrected chi connectivity index (χ3v) is 3.65. The van der Waals surface area contributed by atoms with E-state index >= 15 is 0 Å². The number of urea groups is 1. The minimum absolute atomic E-state index is 0.0160. The Balaban J connectivity index is 1.60. The van der Waals surface area contributed by atoms with Gasteiger partial charge in [-0.15, -0.1) is 0 Å². The molecule has 3 N–H and O–H groups in total. The fourth-order valence-electron chi connectivity index (χ4n) is 2.60. The Hall–Kier alpha value is -0.810. The fraction of sp³-hybridized carbons (Fsp3) is 0.917. The van der Waals surface area contributed by atoms with Gasteiger partial charge >= 0.3 is 6.03 Å². The molecule has 0 saturated carbocycles. The number of hydrogen-bond donors (Lipinski definition) is 3. The second-order valence-corrected chi connectivity index (χ2v) is 5.25. The molecule has 2 aliphatic rings. The normalized spacial score (nSPS) is 30.2.